The smallest absolute Gasteiger partial charge is 0.326 e. The van der Waals surface area contributed by atoms with Crippen molar-refractivity contribution in [3.63, 3.8) is 0 Å². The van der Waals surface area contributed by atoms with Crippen molar-refractivity contribution < 1.29 is 56.8 Å². The summed E-state index contributed by atoms with van der Waals surface area (Å²) < 4.78 is 44.4. The van der Waals surface area contributed by atoms with Crippen LogP contribution in [0, 0.1) is 12.3 Å². The number of nitrogen functional groups attached to an aromatic ring is 1. The summed E-state index contributed by atoms with van der Waals surface area (Å²) in [6.45, 7) is 9.25. The van der Waals surface area contributed by atoms with Gasteiger partial charge in [-0.25, -0.2) is 24.9 Å². The molecule has 4 aromatic rings. The molecule has 4 atom stereocenters. The van der Waals surface area contributed by atoms with Crippen LogP contribution in [0.1, 0.15) is 80.2 Å². The summed E-state index contributed by atoms with van der Waals surface area (Å²) in [6.07, 6.45) is 2.82. The Morgan fingerprint density at radius 2 is 1.61 bits per heavy atom. The Hall–Kier alpha value is -7.19. The van der Waals surface area contributed by atoms with Crippen LogP contribution in [-0.2, 0) is 35.8 Å². The third kappa shape index (κ3) is 14.9. The number of aliphatic carboxylic acids is 1. The van der Waals surface area contributed by atoms with Gasteiger partial charge in [0.05, 0.1) is 25.5 Å². The molecule has 5 rings (SSSR count). The second-order valence-corrected chi connectivity index (χ2v) is 19.6. The highest BCUT2D eigenvalue weighted by Crippen LogP contribution is 2.45. The Kier molecular flexibility index (Phi) is 18.8. The first-order chi connectivity index (χ1) is 33.9. The Morgan fingerprint density at radius 1 is 0.931 bits per heavy atom. The lowest BCUT2D eigenvalue weighted by Gasteiger charge is -2.33. The van der Waals surface area contributed by atoms with Crippen molar-refractivity contribution in [1.29, 1.82) is 0 Å². The minimum Gasteiger partial charge on any atom is -0.504 e. The molecular formula is C47H64N12O12S. The Labute approximate surface area is 417 Å². The first-order valence-electron chi connectivity index (χ1n) is 23.0. The van der Waals surface area contributed by atoms with E-state index >= 15 is 0 Å². The standard InChI is InChI=1S/C47H64N12O12S/c1-25-37(40(50)58-41(54-25)28-10-12-36(52-23-28)71-18-13-47(3,4)5)43(62)57-33(24-53-72(51,67)68)45(64)59(6)38-29-21-31(39(60)35(22-29)70-17-8-15-49)30-19-27(9-11-34(30)69-16-7-14-48)20-32(46(65)66)56-42(61)26(2)55-44(38)63/h9-12,19,21-23,26,32-33,38,53,60H,7-8,13-18,20,24,48-49H2,1-6H3,(H,55,63)(H,56,61)(H,57,62)(H,65,66)(H2,50,54,58)(H2,51,67,68)/t26-,32-,33-,38-/m0/s1. The fraction of sp³-hybridized carbons (Fsp3) is 0.447. The second-order valence-electron chi connectivity index (χ2n) is 18.3. The molecule has 25 heteroatoms. The van der Waals surface area contributed by atoms with Gasteiger partial charge >= 0.3 is 5.97 Å². The minimum absolute atomic E-state index is 0.00740. The van der Waals surface area contributed by atoms with Gasteiger partial charge in [-0.3, -0.25) is 19.2 Å². The van der Waals surface area contributed by atoms with Crippen LogP contribution in [0.3, 0.4) is 0 Å². The number of carboxylic acid groups (broad SMARTS) is 1. The van der Waals surface area contributed by atoms with Crippen LogP contribution in [0.2, 0.25) is 0 Å². The summed E-state index contributed by atoms with van der Waals surface area (Å²) in [5.41, 5.74) is 18.7. The summed E-state index contributed by atoms with van der Waals surface area (Å²) in [4.78, 5) is 83.7. The number of aryl methyl sites for hydroxylation is 1. The zero-order valence-electron chi connectivity index (χ0n) is 41.0. The molecule has 1 aliphatic heterocycles. The molecule has 2 aromatic carbocycles. The number of carbonyl (C=O) groups excluding carboxylic acids is 4. The fourth-order valence-corrected chi connectivity index (χ4v) is 7.78. The van der Waals surface area contributed by atoms with Gasteiger partial charge in [-0.05, 0) is 93.1 Å². The predicted molar refractivity (Wildman–Crippen MR) is 265 cm³/mol. The van der Waals surface area contributed by atoms with Crippen molar-refractivity contribution in [2.24, 2.45) is 22.0 Å². The number of carbonyl (C=O) groups is 5. The normalized spacial score (nSPS) is 16.6. The molecule has 0 aliphatic carbocycles. The quantitative estimate of drug-likeness (QED) is 0.0547. The number of pyridine rings is 1. The van der Waals surface area contributed by atoms with E-state index in [9.17, 15) is 42.6 Å². The third-order valence-electron chi connectivity index (χ3n) is 11.3. The van der Waals surface area contributed by atoms with Crippen molar-refractivity contribution in [1.82, 2.24) is 40.5 Å². The number of aromatic hydroxyl groups is 1. The highest BCUT2D eigenvalue weighted by molar-refractivity contribution is 7.87. The van der Waals surface area contributed by atoms with E-state index in [1.165, 1.54) is 39.2 Å². The van der Waals surface area contributed by atoms with Gasteiger partial charge in [-0.2, -0.15) is 13.1 Å². The zero-order chi connectivity index (χ0) is 53.1. The number of hydrogen-bond donors (Lipinski definition) is 10. The van der Waals surface area contributed by atoms with Crippen LogP contribution >= 0.6 is 0 Å². The topological polar surface area (TPSA) is 382 Å². The first kappa shape index (κ1) is 55.7. The summed E-state index contributed by atoms with van der Waals surface area (Å²) in [6, 6.07) is 4.17. The molecule has 0 saturated heterocycles. The monoisotopic (exact) mass is 1020 g/mol. The molecule has 0 fully saturated rings. The van der Waals surface area contributed by atoms with Crippen molar-refractivity contribution in [2.45, 2.75) is 84.5 Å². The van der Waals surface area contributed by atoms with Gasteiger partial charge in [0.1, 0.15) is 41.3 Å². The van der Waals surface area contributed by atoms with Crippen molar-refractivity contribution in [3.05, 3.63) is 71.0 Å². The van der Waals surface area contributed by atoms with Gasteiger partial charge < -0.3 is 62.5 Å². The predicted octanol–water partition coefficient (Wildman–Crippen LogP) is 0.793. The zero-order valence-corrected chi connectivity index (χ0v) is 41.8. The maximum Gasteiger partial charge on any atom is 0.326 e. The van der Waals surface area contributed by atoms with E-state index in [1.807, 2.05) is 4.72 Å². The number of phenolic OH excluding ortho intramolecular Hbond substituents is 1. The highest BCUT2D eigenvalue weighted by Gasteiger charge is 2.38. The minimum atomic E-state index is -4.52. The van der Waals surface area contributed by atoms with E-state index in [0.717, 1.165) is 11.3 Å². The van der Waals surface area contributed by atoms with Crippen molar-refractivity contribution >= 4 is 45.6 Å². The first-order valence-corrected chi connectivity index (χ1v) is 24.5. The van der Waals surface area contributed by atoms with Gasteiger partial charge in [0.2, 0.25) is 23.6 Å². The van der Waals surface area contributed by atoms with E-state index in [0.29, 0.717) is 36.5 Å². The lowest BCUT2D eigenvalue weighted by molar-refractivity contribution is -0.143. The Balaban J connectivity index is 1.60. The van der Waals surface area contributed by atoms with Crippen LogP contribution in [0.4, 0.5) is 5.82 Å². The molecule has 1 aliphatic rings. The van der Waals surface area contributed by atoms with Crippen LogP contribution < -0.4 is 57.2 Å². The van der Waals surface area contributed by atoms with E-state index in [2.05, 4.69) is 51.7 Å². The number of anilines is 1. The number of nitrogens with zero attached hydrogens (tertiary/aromatic N) is 4. The van der Waals surface area contributed by atoms with Crippen molar-refractivity contribution in [3.8, 4) is 45.6 Å². The van der Waals surface area contributed by atoms with Crippen molar-refractivity contribution in [2.75, 3.05) is 52.2 Å². The molecule has 72 heavy (non-hydrogen) atoms. The molecule has 14 N–H and O–H groups in total. The average Bonchev–Trinajstić information content (AvgIpc) is 3.30. The molecule has 3 heterocycles. The number of nitrogens with one attached hydrogen (secondary N) is 4. The number of fused-ring (bicyclic) bond motifs is 5. The molecular weight excluding hydrogens is 957 g/mol. The molecule has 0 saturated carbocycles. The van der Waals surface area contributed by atoms with E-state index in [1.54, 1.807) is 30.3 Å². The molecule has 0 spiro atoms. The van der Waals surface area contributed by atoms with E-state index in [-0.39, 0.29) is 89.2 Å². The van der Waals surface area contributed by atoms with Gasteiger partial charge in [0.25, 0.3) is 16.1 Å². The summed E-state index contributed by atoms with van der Waals surface area (Å²) in [5, 5.41) is 34.8. The van der Waals surface area contributed by atoms with Gasteiger partial charge in [-0.1, -0.05) is 26.8 Å². The molecule has 4 bridgehead atoms. The number of aromatic nitrogens is 3. The summed E-state index contributed by atoms with van der Waals surface area (Å²) in [5.74, 6) is -5.59. The third-order valence-corrected chi connectivity index (χ3v) is 11.9. The molecule has 0 unspecified atom stereocenters. The van der Waals surface area contributed by atoms with E-state index in [4.69, 9.17) is 36.6 Å². The van der Waals surface area contributed by atoms with Crippen LogP contribution in [0.5, 0.6) is 23.1 Å². The van der Waals surface area contributed by atoms with E-state index < -0.39 is 76.3 Å². The van der Waals surface area contributed by atoms with Crippen LogP contribution in [-0.4, -0.2) is 133 Å². The number of benzene rings is 2. The lowest BCUT2D eigenvalue weighted by Crippen LogP contribution is -2.57. The van der Waals surface area contributed by atoms with Crippen LogP contribution in [0.15, 0.2) is 48.7 Å². The number of hydrogen-bond acceptors (Lipinski definition) is 17. The van der Waals surface area contributed by atoms with Crippen LogP contribution in [0.25, 0.3) is 22.5 Å². The Bertz CT molecular complexity index is 2710. The number of amides is 4. The molecule has 4 amide bonds. The number of rotatable bonds is 20. The number of phenols is 1. The second kappa shape index (κ2) is 24.3. The van der Waals surface area contributed by atoms with Gasteiger partial charge in [0, 0.05) is 49.0 Å². The Morgan fingerprint density at radius 3 is 2.21 bits per heavy atom. The molecule has 0 radical (unpaired) electrons. The maximum atomic E-state index is 14.9. The lowest BCUT2D eigenvalue weighted by atomic mass is 9.93. The molecule has 2 aromatic heterocycles. The summed E-state index contributed by atoms with van der Waals surface area (Å²) >= 11 is 0. The largest absolute Gasteiger partial charge is 0.504 e. The number of nitrogens with two attached hydrogens (primary N) is 4. The average molecular weight is 1020 g/mol. The van der Waals surface area contributed by atoms with Gasteiger partial charge in [-0.15, -0.1) is 0 Å². The molecule has 24 nitrogen and oxygen atoms in total. The number of likely N-dealkylation sites (N-methyl/N-ethyl adjacent to an activating group) is 1. The van der Waals surface area contributed by atoms with Gasteiger partial charge in [0.15, 0.2) is 17.3 Å². The SMILES string of the molecule is Cc1nc(-c2ccc(OCCC(C)(C)C)nc2)nc(N)c1C(=O)N[C@@H](CNS(N)(=O)=O)C(=O)N(C)[C@@H]1C(=O)N[C@@H](C)C(=O)N[C@H](C(=O)O)Cc2ccc(OCCCN)c(c2)-c2cc1cc(OCCCN)c2O. The maximum absolute atomic E-state index is 14.9. The molecule has 390 valence electrons. The number of carboxylic acids is 1. The highest BCUT2D eigenvalue weighted by atomic mass is 32.2. The fourth-order valence-electron chi connectivity index (χ4n) is 7.38. The number of ether oxygens (including phenoxy) is 3. The summed E-state index contributed by atoms with van der Waals surface area (Å²) in [7, 11) is -3.34.